The maximum Gasteiger partial charge on any atom is 0.267 e. The zero-order valence-corrected chi connectivity index (χ0v) is 16.0. The molecule has 8 heteroatoms. The first-order valence-electron chi connectivity index (χ1n) is 8.62. The minimum Gasteiger partial charge on any atom is -0.356 e. The van der Waals surface area contributed by atoms with Gasteiger partial charge in [-0.15, -0.1) is 0 Å². The lowest BCUT2D eigenvalue weighted by molar-refractivity contribution is -0.121. The van der Waals surface area contributed by atoms with Crippen LogP contribution in [0.15, 0.2) is 34.1 Å². The highest BCUT2D eigenvalue weighted by atomic mass is 32.2. The molecule has 2 saturated heterocycles. The molecule has 4 rings (SSSR count). The van der Waals surface area contributed by atoms with Crippen LogP contribution in [0.4, 0.5) is 5.82 Å². The molecule has 2 aliphatic rings. The van der Waals surface area contributed by atoms with Gasteiger partial charge in [0, 0.05) is 25.8 Å². The number of rotatable bonds is 3. The molecule has 6 nitrogen and oxygen atoms in total. The van der Waals surface area contributed by atoms with Crippen LogP contribution in [0.1, 0.15) is 25.3 Å². The van der Waals surface area contributed by atoms with Crippen LogP contribution in [0, 0.1) is 0 Å². The highest BCUT2D eigenvalue weighted by Gasteiger charge is 2.32. The van der Waals surface area contributed by atoms with Gasteiger partial charge in [0.2, 0.25) is 0 Å². The number of carbonyl (C=O) groups is 1. The number of fused-ring (bicyclic) bond motifs is 1. The Morgan fingerprint density at radius 3 is 2.73 bits per heavy atom. The lowest BCUT2D eigenvalue weighted by Gasteiger charge is -2.19. The number of hydrogen-bond acceptors (Lipinski definition) is 6. The fourth-order valence-electron chi connectivity index (χ4n) is 3.29. The third-order valence-corrected chi connectivity index (χ3v) is 6.00. The third kappa shape index (κ3) is 2.83. The molecule has 1 amide bonds. The standard InChI is InChI=1S/C18H18N4O2S2/c1-2-21-17(24)13(26-18(21)25)11-12-15(20-8-5-6-9-20)19-14-7-3-4-10-22(14)16(12)23/h3-4,7,10-11H,2,5-6,8-9H2,1H3/b13-11-. The van der Waals surface area contributed by atoms with E-state index in [1.807, 2.05) is 19.1 Å². The van der Waals surface area contributed by atoms with E-state index in [9.17, 15) is 9.59 Å². The largest absolute Gasteiger partial charge is 0.356 e. The molecular weight excluding hydrogens is 368 g/mol. The quantitative estimate of drug-likeness (QED) is 0.597. The Balaban J connectivity index is 1.90. The van der Waals surface area contributed by atoms with Crippen LogP contribution in [0.2, 0.25) is 0 Å². The van der Waals surface area contributed by atoms with E-state index in [0.29, 0.717) is 32.8 Å². The van der Waals surface area contributed by atoms with E-state index in [0.717, 1.165) is 25.9 Å². The number of aromatic nitrogens is 2. The van der Waals surface area contributed by atoms with Gasteiger partial charge in [0.15, 0.2) is 0 Å². The minimum atomic E-state index is -0.167. The first kappa shape index (κ1) is 17.2. The average molecular weight is 387 g/mol. The third-order valence-electron chi connectivity index (χ3n) is 4.62. The predicted molar refractivity (Wildman–Crippen MR) is 108 cm³/mol. The molecule has 0 spiro atoms. The molecule has 0 saturated carbocycles. The highest BCUT2D eigenvalue weighted by molar-refractivity contribution is 8.26. The maximum atomic E-state index is 13.1. The van der Waals surface area contributed by atoms with Crippen LogP contribution in [-0.2, 0) is 4.79 Å². The molecule has 2 fully saturated rings. The van der Waals surface area contributed by atoms with Crippen molar-refractivity contribution in [2.24, 2.45) is 0 Å². The Morgan fingerprint density at radius 2 is 2.04 bits per heavy atom. The smallest absolute Gasteiger partial charge is 0.267 e. The lowest BCUT2D eigenvalue weighted by Crippen LogP contribution is -2.28. The van der Waals surface area contributed by atoms with Gasteiger partial charge in [-0.1, -0.05) is 30.0 Å². The average Bonchev–Trinajstić information content (AvgIpc) is 3.26. The van der Waals surface area contributed by atoms with Gasteiger partial charge in [-0.05, 0) is 38.0 Å². The van der Waals surface area contributed by atoms with E-state index in [-0.39, 0.29) is 11.5 Å². The first-order valence-corrected chi connectivity index (χ1v) is 9.84. The fraction of sp³-hybridized carbons (Fsp3) is 0.333. The van der Waals surface area contributed by atoms with Gasteiger partial charge in [-0.2, -0.15) is 0 Å². The van der Waals surface area contributed by atoms with Gasteiger partial charge in [0.1, 0.15) is 15.8 Å². The molecule has 4 heterocycles. The molecule has 0 atom stereocenters. The molecule has 2 aromatic heterocycles. The zero-order valence-electron chi connectivity index (χ0n) is 14.3. The second kappa shape index (κ2) is 6.85. The summed E-state index contributed by atoms with van der Waals surface area (Å²) in [5.41, 5.74) is 0.893. The van der Waals surface area contributed by atoms with Crippen LogP contribution < -0.4 is 10.5 Å². The summed E-state index contributed by atoms with van der Waals surface area (Å²) in [7, 11) is 0. The molecule has 0 N–H and O–H groups in total. The van der Waals surface area contributed by atoms with E-state index >= 15 is 0 Å². The fourth-order valence-corrected chi connectivity index (χ4v) is 4.66. The summed E-state index contributed by atoms with van der Waals surface area (Å²) in [5.74, 6) is 0.507. The van der Waals surface area contributed by atoms with Gasteiger partial charge in [-0.25, -0.2) is 4.98 Å². The molecule has 26 heavy (non-hydrogen) atoms. The van der Waals surface area contributed by atoms with E-state index in [2.05, 4.69) is 4.90 Å². The van der Waals surface area contributed by atoms with Gasteiger partial charge < -0.3 is 4.90 Å². The Morgan fingerprint density at radius 1 is 1.27 bits per heavy atom. The van der Waals surface area contributed by atoms with Gasteiger partial charge in [0.05, 0.1) is 10.5 Å². The molecule has 2 aromatic rings. The van der Waals surface area contributed by atoms with E-state index in [1.54, 1.807) is 23.2 Å². The molecular formula is C18H18N4O2S2. The molecule has 0 bridgehead atoms. The molecule has 0 aliphatic carbocycles. The normalized spacial score (nSPS) is 19.3. The van der Waals surface area contributed by atoms with Crippen molar-refractivity contribution in [1.29, 1.82) is 0 Å². The van der Waals surface area contributed by atoms with E-state index in [1.165, 1.54) is 16.2 Å². The molecule has 0 radical (unpaired) electrons. The first-order chi connectivity index (χ1) is 12.6. The van der Waals surface area contributed by atoms with Crippen LogP contribution in [0.5, 0.6) is 0 Å². The van der Waals surface area contributed by atoms with Gasteiger partial charge in [-0.3, -0.25) is 18.9 Å². The minimum absolute atomic E-state index is 0.146. The van der Waals surface area contributed by atoms with Crippen molar-refractivity contribution >= 4 is 51.7 Å². The number of pyridine rings is 1. The summed E-state index contributed by atoms with van der Waals surface area (Å²) in [6.45, 7) is 4.14. The number of thioether (sulfide) groups is 1. The molecule has 0 unspecified atom stereocenters. The summed E-state index contributed by atoms with van der Waals surface area (Å²) in [5, 5.41) is 0. The maximum absolute atomic E-state index is 13.1. The Labute approximate surface area is 160 Å². The van der Waals surface area contributed by atoms with Crippen molar-refractivity contribution in [1.82, 2.24) is 14.3 Å². The zero-order chi connectivity index (χ0) is 18.3. The summed E-state index contributed by atoms with van der Waals surface area (Å²) >= 11 is 6.52. The van der Waals surface area contributed by atoms with E-state index < -0.39 is 0 Å². The number of carbonyl (C=O) groups excluding carboxylic acids is 1. The van der Waals surface area contributed by atoms with Crippen molar-refractivity contribution in [2.75, 3.05) is 24.5 Å². The SMILES string of the molecule is CCN1C(=O)/C(=C/c2c(N3CCCC3)nc3ccccn3c2=O)SC1=S. The highest BCUT2D eigenvalue weighted by Crippen LogP contribution is 2.33. The predicted octanol–water partition coefficient (Wildman–Crippen LogP) is 2.52. The van der Waals surface area contributed by atoms with Crippen molar-refractivity contribution in [2.45, 2.75) is 19.8 Å². The van der Waals surface area contributed by atoms with Crippen LogP contribution in [0.25, 0.3) is 11.7 Å². The van der Waals surface area contributed by atoms with Crippen molar-refractivity contribution in [3.8, 4) is 0 Å². The Hall–Kier alpha value is -2.19. The summed E-state index contributed by atoms with van der Waals surface area (Å²) in [6, 6.07) is 5.48. The Bertz CT molecular complexity index is 992. The van der Waals surface area contributed by atoms with Crippen molar-refractivity contribution < 1.29 is 4.79 Å². The lowest BCUT2D eigenvalue weighted by atomic mass is 10.2. The molecule has 2 aliphatic heterocycles. The number of nitrogens with zero attached hydrogens (tertiary/aromatic N) is 4. The Kier molecular flexibility index (Phi) is 4.54. The van der Waals surface area contributed by atoms with Crippen molar-refractivity contribution in [3.05, 3.63) is 45.2 Å². The topological polar surface area (TPSA) is 57.9 Å². The summed E-state index contributed by atoms with van der Waals surface area (Å²) < 4.78 is 2.05. The molecule has 0 aromatic carbocycles. The summed E-state index contributed by atoms with van der Waals surface area (Å²) in [4.78, 5) is 34.6. The second-order valence-corrected chi connectivity index (χ2v) is 7.88. The van der Waals surface area contributed by atoms with Gasteiger partial charge >= 0.3 is 0 Å². The van der Waals surface area contributed by atoms with E-state index in [4.69, 9.17) is 17.2 Å². The number of hydrogen-bond donors (Lipinski definition) is 0. The van der Waals surface area contributed by atoms with Crippen molar-refractivity contribution in [3.63, 3.8) is 0 Å². The van der Waals surface area contributed by atoms with Crippen LogP contribution in [0.3, 0.4) is 0 Å². The van der Waals surface area contributed by atoms with Gasteiger partial charge in [0.25, 0.3) is 11.5 Å². The second-order valence-electron chi connectivity index (χ2n) is 6.20. The summed E-state index contributed by atoms with van der Waals surface area (Å²) in [6.07, 6.45) is 5.52. The van der Waals surface area contributed by atoms with Crippen LogP contribution >= 0.6 is 24.0 Å². The van der Waals surface area contributed by atoms with Crippen LogP contribution in [-0.4, -0.2) is 44.1 Å². The number of anilines is 1. The number of amides is 1. The number of thiocarbonyl (C=S) groups is 1. The number of likely N-dealkylation sites (N-methyl/N-ethyl adjacent to an activating group) is 1. The monoisotopic (exact) mass is 386 g/mol. The molecule has 134 valence electrons.